The van der Waals surface area contributed by atoms with Crippen molar-refractivity contribution in [3.63, 3.8) is 0 Å². The van der Waals surface area contributed by atoms with Crippen molar-refractivity contribution in [2.75, 3.05) is 5.32 Å². The maximum atomic E-state index is 12.9. The Balaban J connectivity index is 1.68. The van der Waals surface area contributed by atoms with Crippen LogP contribution in [0.1, 0.15) is 40.4 Å². The number of nitrogens with one attached hydrogen (secondary N) is 1. The second-order valence-electron chi connectivity index (χ2n) is 7.16. The minimum absolute atomic E-state index is 0.0445. The third-order valence-corrected chi connectivity index (χ3v) is 5.41. The minimum atomic E-state index is -1.17. The zero-order valence-electron chi connectivity index (χ0n) is 17.3. The molecule has 0 saturated heterocycles. The van der Waals surface area contributed by atoms with Gasteiger partial charge in [0.2, 0.25) is 6.10 Å². The molecule has 0 saturated carbocycles. The van der Waals surface area contributed by atoms with Crippen molar-refractivity contribution in [3.05, 3.63) is 99.5 Å². The van der Waals surface area contributed by atoms with Crippen LogP contribution >= 0.6 is 23.2 Å². The van der Waals surface area contributed by atoms with Gasteiger partial charge in [-0.05, 0) is 48.9 Å². The summed E-state index contributed by atoms with van der Waals surface area (Å²) < 4.78 is 5.47. The molecule has 3 aromatic carbocycles. The van der Waals surface area contributed by atoms with E-state index < -0.39 is 18.0 Å². The second-order valence-corrected chi connectivity index (χ2v) is 8.01. The van der Waals surface area contributed by atoms with Crippen LogP contribution in [0.2, 0.25) is 10.0 Å². The third kappa shape index (κ3) is 6.42. The summed E-state index contributed by atoms with van der Waals surface area (Å²) in [5, 5.41) is 3.76. The van der Waals surface area contributed by atoms with Crippen LogP contribution < -0.4 is 5.32 Å². The van der Waals surface area contributed by atoms with Gasteiger partial charge in [0.1, 0.15) is 0 Å². The molecule has 0 radical (unpaired) electrons. The molecule has 0 aliphatic rings. The number of carbonyl (C=O) groups excluding carboxylic acids is 3. The molecule has 0 aliphatic heterocycles. The monoisotopic (exact) mass is 469 g/mol. The molecular weight excluding hydrogens is 449 g/mol. The zero-order valence-corrected chi connectivity index (χ0v) is 18.8. The fraction of sp³-hybridized carbons (Fsp3) is 0.160. The Morgan fingerprint density at radius 3 is 2.25 bits per heavy atom. The number of amides is 1. The highest BCUT2D eigenvalue weighted by atomic mass is 35.5. The second kappa shape index (κ2) is 10.9. The van der Waals surface area contributed by atoms with Gasteiger partial charge in [-0.25, -0.2) is 0 Å². The first-order valence-electron chi connectivity index (χ1n) is 9.93. The van der Waals surface area contributed by atoms with E-state index in [2.05, 4.69) is 5.32 Å². The van der Waals surface area contributed by atoms with Crippen molar-refractivity contribution < 1.29 is 19.1 Å². The highest BCUT2D eigenvalue weighted by molar-refractivity contribution is 6.31. The van der Waals surface area contributed by atoms with Crippen LogP contribution in [0.15, 0.2) is 72.8 Å². The average molecular weight is 470 g/mol. The van der Waals surface area contributed by atoms with Crippen LogP contribution in [-0.4, -0.2) is 17.7 Å². The van der Waals surface area contributed by atoms with Crippen molar-refractivity contribution in [3.8, 4) is 0 Å². The van der Waals surface area contributed by atoms with Crippen LogP contribution in [0, 0.1) is 6.92 Å². The largest absolute Gasteiger partial charge is 0.447 e. The third-order valence-electron chi connectivity index (χ3n) is 4.75. The number of halogens is 2. The van der Waals surface area contributed by atoms with E-state index in [1.54, 1.807) is 72.8 Å². The Hall–Kier alpha value is -3.15. The summed E-state index contributed by atoms with van der Waals surface area (Å²) in [5.41, 5.74) is 2.33. The van der Waals surface area contributed by atoms with E-state index in [-0.39, 0.29) is 18.6 Å². The average Bonchev–Trinajstić information content (AvgIpc) is 2.79. The van der Waals surface area contributed by atoms with E-state index in [9.17, 15) is 14.4 Å². The summed E-state index contributed by atoms with van der Waals surface area (Å²) in [6.45, 7) is 1.85. The Morgan fingerprint density at radius 2 is 1.59 bits per heavy atom. The number of esters is 1. The molecular formula is C25H21Cl2NO4. The molecule has 3 aromatic rings. The first kappa shape index (κ1) is 23.5. The number of anilines is 1. The molecule has 0 aromatic heterocycles. The molecule has 0 aliphatic carbocycles. The maximum absolute atomic E-state index is 12.9. The molecule has 1 amide bonds. The SMILES string of the molecule is Cc1ccc(NC(=O)C(OC(=O)CCC(=O)c2ccc(Cl)cc2)c2ccccc2)cc1Cl. The standard InChI is InChI=1S/C25H21Cl2NO4/c1-16-7-12-20(15-21(16)27)28-25(31)24(18-5-3-2-4-6-18)32-23(30)14-13-22(29)17-8-10-19(26)11-9-17/h2-12,15,24H,13-14H2,1H3,(H,28,31). The molecule has 0 spiro atoms. The molecule has 5 nitrogen and oxygen atoms in total. The van der Waals surface area contributed by atoms with Crippen molar-refractivity contribution >= 4 is 46.5 Å². The summed E-state index contributed by atoms with van der Waals surface area (Å²) >= 11 is 12.0. The summed E-state index contributed by atoms with van der Waals surface area (Å²) in [5.74, 6) is -1.39. The smallest absolute Gasteiger partial charge is 0.307 e. The number of benzene rings is 3. The molecule has 3 rings (SSSR count). The van der Waals surface area contributed by atoms with Crippen molar-refractivity contribution in [2.24, 2.45) is 0 Å². The highest BCUT2D eigenvalue weighted by Gasteiger charge is 2.25. The number of hydrogen-bond acceptors (Lipinski definition) is 4. The van der Waals surface area contributed by atoms with Gasteiger partial charge in [0.25, 0.3) is 5.91 Å². The quantitative estimate of drug-likeness (QED) is 0.315. The van der Waals surface area contributed by atoms with E-state index >= 15 is 0 Å². The molecule has 1 N–H and O–H groups in total. The number of aryl methyl sites for hydroxylation is 1. The van der Waals surface area contributed by atoms with Gasteiger partial charge in [0.15, 0.2) is 5.78 Å². The van der Waals surface area contributed by atoms with Gasteiger partial charge in [-0.15, -0.1) is 0 Å². The highest BCUT2D eigenvalue weighted by Crippen LogP contribution is 2.24. The Bertz CT molecular complexity index is 1110. The number of Topliss-reactive ketones (excluding diaryl/α,β-unsaturated/α-hetero) is 1. The van der Waals surface area contributed by atoms with Gasteiger partial charge in [0.05, 0.1) is 6.42 Å². The fourth-order valence-corrected chi connectivity index (χ4v) is 3.27. The molecule has 164 valence electrons. The van der Waals surface area contributed by atoms with E-state index in [0.717, 1.165) is 5.56 Å². The van der Waals surface area contributed by atoms with Gasteiger partial charge >= 0.3 is 5.97 Å². The number of hydrogen-bond donors (Lipinski definition) is 1. The van der Waals surface area contributed by atoms with Gasteiger partial charge in [-0.3, -0.25) is 14.4 Å². The van der Waals surface area contributed by atoms with Gasteiger partial charge in [0, 0.05) is 33.3 Å². The van der Waals surface area contributed by atoms with Crippen molar-refractivity contribution in [1.82, 2.24) is 0 Å². The van der Waals surface area contributed by atoms with Crippen LogP contribution in [0.4, 0.5) is 5.69 Å². The first-order chi connectivity index (χ1) is 15.3. The lowest BCUT2D eigenvalue weighted by atomic mass is 10.1. The molecule has 0 bridgehead atoms. The fourth-order valence-electron chi connectivity index (χ4n) is 2.97. The summed E-state index contributed by atoms with van der Waals surface area (Å²) in [6.07, 6.45) is -1.37. The lowest BCUT2D eigenvalue weighted by molar-refractivity contribution is -0.154. The number of ketones is 1. The summed E-state index contributed by atoms with van der Waals surface area (Å²) in [7, 11) is 0. The first-order valence-corrected chi connectivity index (χ1v) is 10.7. The van der Waals surface area contributed by atoms with E-state index in [0.29, 0.717) is 26.9 Å². The Labute approximate surface area is 196 Å². The predicted molar refractivity (Wildman–Crippen MR) is 125 cm³/mol. The van der Waals surface area contributed by atoms with E-state index in [1.807, 2.05) is 6.92 Å². The molecule has 1 unspecified atom stereocenters. The molecule has 7 heteroatoms. The summed E-state index contributed by atoms with van der Waals surface area (Å²) in [4.78, 5) is 37.7. The number of rotatable bonds is 8. The van der Waals surface area contributed by atoms with E-state index in [4.69, 9.17) is 27.9 Å². The normalized spacial score (nSPS) is 11.5. The zero-order chi connectivity index (χ0) is 23.1. The van der Waals surface area contributed by atoms with Gasteiger partial charge in [-0.2, -0.15) is 0 Å². The topological polar surface area (TPSA) is 72.5 Å². The lowest BCUT2D eigenvalue weighted by Gasteiger charge is -2.18. The van der Waals surface area contributed by atoms with Gasteiger partial charge < -0.3 is 10.1 Å². The maximum Gasteiger partial charge on any atom is 0.307 e. The van der Waals surface area contributed by atoms with Crippen molar-refractivity contribution in [1.29, 1.82) is 0 Å². The Kier molecular flexibility index (Phi) is 8.03. The molecule has 1 atom stereocenters. The van der Waals surface area contributed by atoms with Crippen molar-refractivity contribution in [2.45, 2.75) is 25.9 Å². The van der Waals surface area contributed by atoms with Crippen LogP contribution in [0.3, 0.4) is 0 Å². The minimum Gasteiger partial charge on any atom is -0.447 e. The van der Waals surface area contributed by atoms with Crippen LogP contribution in [0.25, 0.3) is 0 Å². The molecule has 32 heavy (non-hydrogen) atoms. The summed E-state index contributed by atoms with van der Waals surface area (Å²) in [6, 6.07) is 20.2. The van der Waals surface area contributed by atoms with Gasteiger partial charge in [-0.1, -0.05) is 59.6 Å². The molecule has 0 heterocycles. The van der Waals surface area contributed by atoms with E-state index in [1.165, 1.54) is 0 Å². The van der Waals surface area contributed by atoms with Crippen LogP contribution in [0.5, 0.6) is 0 Å². The Morgan fingerprint density at radius 1 is 0.906 bits per heavy atom. The lowest BCUT2D eigenvalue weighted by Crippen LogP contribution is -2.26. The number of ether oxygens (including phenoxy) is 1. The number of carbonyl (C=O) groups is 3. The van der Waals surface area contributed by atoms with Crippen LogP contribution in [-0.2, 0) is 14.3 Å². The predicted octanol–water partition coefficient (Wildman–Crippen LogP) is 6.19. The molecule has 0 fully saturated rings.